The molecule has 0 spiro atoms. The zero-order valence-electron chi connectivity index (χ0n) is 9.97. The Morgan fingerprint density at radius 3 is 2.82 bits per heavy atom. The molecule has 0 heterocycles. The Hall–Kier alpha value is -1.62. The summed E-state index contributed by atoms with van der Waals surface area (Å²) in [5.41, 5.74) is 6.34. The molecule has 0 radical (unpaired) electrons. The number of methoxy groups -OCH3 is 1. The Labute approximate surface area is 106 Å². The molecule has 0 aliphatic heterocycles. The van der Waals surface area contributed by atoms with Crippen molar-refractivity contribution in [3.05, 3.63) is 29.8 Å². The van der Waals surface area contributed by atoms with Gasteiger partial charge in [0.05, 0.1) is 18.5 Å². The Bertz CT molecular complexity index is 421. The summed E-state index contributed by atoms with van der Waals surface area (Å²) in [6.07, 6.45) is 0.107. The molecule has 0 aliphatic carbocycles. The van der Waals surface area contributed by atoms with Crippen LogP contribution in [0.1, 0.15) is 12.0 Å². The van der Waals surface area contributed by atoms with Crippen LogP contribution in [0.5, 0.6) is 5.75 Å². The molecule has 1 rings (SSSR count). The maximum atomic E-state index is 11.6. The number of carbonyl (C=O) groups is 1. The second-order valence-electron chi connectivity index (χ2n) is 3.74. The van der Waals surface area contributed by atoms with Gasteiger partial charge in [-0.1, -0.05) is 24.4 Å². The van der Waals surface area contributed by atoms with Gasteiger partial charge in [-0.05, 0) is 17.7 Å². The molecule has 1 aromatic rings. The molecule has 1 aromatic carbocycles. The van der Waals surface area contributed by atoms with E-state index in [0.29, 0.717) is 6.54 Å². The normalized spacial score (nSPS) is 9.76. The predicted molar refractivity (Wildman–Crippen MR) is 70.9 cm³/mol. The van der Waals surface area contributed by atoms with Crippen LogP contribution in [-0.2, 0) is 11.3 Å². The van der Waals surface area contributed by atoms with E-state index in [1.807, 2.05) is 24.3 Å². The molecule has 0 bridgehead atoms. The van der Waals surface area contributed by atoms with E-state index in [4.69, 9.17) is 22.7 Å². The number of hydrogen-bond acceptors (Lipinski definition) is 3. The van der Waals surface area contributed by atoms with Crippen LogP contribution in [-0.4, -0.2) is 30.0 Å². The number of nitrogens with two attached hydrogens (primary N) is 1. The smallest absolute Gasteiger partial charge is 0.229 e. The van der Waals surface area contributed by atoms with Crippen LogP contribution in [0.2, 0.25) is 0 Å². The van der Waals surface area contributed by atoms with Gasteiger partial charge in [0.15, 0.2) is 0 Å². The molecule has 0 unspecified atom stereocenters. The van der Waals surface area contributed by atoms with Crippen LogP contribution in [0.25, 0.3) is 0 Å². The molecule has 17 heavy (non-hydrogen) atoms. The molecule has 92 valence electrons. The van der Waals surface area contributed by atoms with E-state index in [1.54, 1.807) is 19.1 Å². The highest BCUT2D eigenvalue weighted by molar-refractivity contribution is 7.80. The molecule has 5 heteroatoms. The van der Waals surface area contributed by atoms with Gasteiger partial charge in [0.25, 0.3) is 0 Å². The Morgan fingerprint density at radius 2 is 2.24 bits per heavy atom. The zero-order valence-corrected chi connectivity index (χ0v) is 10.8. The maximum Gasteiger partial charge on any atom is 0.229 e. The largest absolute Gasteiger partial charge is 0.497 e. The number of amides is 1. The number of carbonyl (C=O) groups excluding carboxylic acids is 1. The van der Waals surface area contributed by atoms with Gasteiger partial charge in [-0.3, -0.25) is 4.79 Å². The first-order valence-corrected chi connectivity index (χ1v) is 5.59. The molecule has 1 amide bonds. The summed E-state index contributed by atoms with van der Waals surface area (Å²) in [6.45, 7) is 0.513. The van der Waals surface area contributed by atoms with Crippen LogP contribution in [0.3, 0.4) is 0 Å². The minimum absolute atomic E-state index is 0.0830. The Kier molecular flexibility index (Phi) is 4.90. The lowest BCUT2D eigenvalue weighted by molar-refractivity contribution is -0.129. The zero-order chi connectivity index (χ0) is 12.8. The number of hydrogen-bond donors (Lipinski definition) is 1. The lowest BCUT2D eigenvalue weighted by Gasteiger charge is -2.17. The Balaban J connectivity index is 2.63. The summed E-state index contributed by atoms with van der Waals surface area (Å²) in [7, 11) is 3.33. The first-order chi connectivity index (χ1) is 8.02. The fourth-order valence-corrected chi connectivity index (χ4v) is 1.54. The lowest BCUT2D eigenvalue weighted by atomic mass is 10.2. The summed E-state index contributed by atoms with van der Waals surface area (Å²) < 4.78 is 5.12. The van der Waals surface area contributed by atoms with Crippen molar-refractivity contribution in [1.29, 1.82) is 0 Å². The molecule has 0 atom stereocenters. The topological polar surface area (TPSA) is 55.6 Å². The molecule has 0 saturated carbocycles. The van der Waals surface area contributed by atoms with E-state index >= 15 is 0 Å². The van der Waals surface area contributed by atoms with Crippen molar-refractivity contribution >= 4 is 23.1 Å². The van der Waals surface area contributed by atoms with E-state index in [0.717, 1.165) is 11.3 Å². The van der Waals surface area contributed by atoms with Gasteiger partial charge < -0.3 is 15.4 Å². The van der Waals surface area contributed by atoms with Gasteiger partial charge in [-0.15, -0.1) is 0 Å². The van der Waals surface area contributed by atoms with Crippen molar-refractivity contribution in [3.63, 3.8) is 0 Å². The second kappa shape index (κ2) is 6.20. The first kappa shape index (κ1) is 13.4. The summed E-state index contributed by atoms with van der Waals surface area (Å²) >= 11 is 4.71. The van der Waals surface area contributed by atoms with E-state index in [9.17, 15) is 4.79 Å². The summed E-state index contributed by atoms with van der Waals surface area (Å²) in [5.74, 6) is 0.693. The standard InChI is InChI=1S/C12H16N2O2S/c1-14(12(15)7-11(13)17)8-9-4-3-5-10(6-9)16-2/h3-6H,7-8H2,1-2H3,(H2,13,17). The monoisotopic (exact) mass is 252 g/mol. The van der Waals surface area contributed by atoms with Crippen LogP contribution >= 0.6 is 12.2 Å². The third kappa shape index (κ3) is 4.40. The fourth-order valence-electron chi connectivity index (χ4n) is 1.42. The third-order valence-corrected chi connectivity index (χ3v) is 2.45. The maximum absolute atomic E-state index is 11.6. The van der Waals surface area contributed by atoms with E-state index < -0.39 is 0 Å². The van der Waals surface area contributed by atoms with Crippen molar-refractivity contribution in [2.24, 2.45) is 5.73 Å². The van der Waals surface area contributed by atoms with Crippen molar-refractivity contribution < 1.29 is 9.53 Å². The van der Waals surface area contributed by atoms with Gasteiger partial charge in [0, 0.05) is 13.6 Å². The molecule has 0 aromatic heterocycles. The van der Waals surface area contributed by atoms with Crippen LogP contribution in [0.15, 0.2) is 24.3 Å². The summed E-state index contributed by atoms with van der Waals surface area (Å²) in [5, 5.41) is 0. The average molecular weight is 252 g/mol. The van der Waals surface area contributed by atoms with Crippen LogP contribution < -0.4 is 10.5 Å². The molecule has 0 saturated heterocycles. The number of rotatable bonds is 5. The SMILES string of the molecule is COc1cccc(CN(C)C(=O)CC(N)=S)c1. The lowest BCUT2D eigenvalue weighted by Crippen LogP contribution is -2.29. The van der Waals surface area contributed by atoms with Crippen molar-refractivity contribution in [2.75, 3.05) is 14.2 Å². The van der Waals surface area contributed by atoms with Gasteiger partial charge in [-0.2, -0.15) is 0 Å². The van der Waals surface area contributed by atoms with Gasteiger partial charge >= 0.3 is 0 Å². The highest BCUT2D eigenvalue weighted by Crippen LogP contribution is 2.14. The first-order valence-electron chi connectivity index (χ1n) is 5.18. The van der Waals surface area contributed by atoms with Crippen LogP contribution in [0.4, 0.5) is 0 Å². The third-order valence-electron chi connectivity index (χ3n) is 2.31. The number of nitrogens with zero attached hydrogens (tertiary/aromatic N) is 1. The minimum Gasteiger partial charge on any atom is -0.497 e. The summed E-state index contributed by atoms with van der Waals surface area (Å²) in [6, 6.07) is 7.58. The van der Waals surface area contributed by atoms with Gasteiger partial charge in [-0.25, -0.2) is 0 Å². The molecule has 0 aliphatic rings. The molecular weight excluding hydrogens is 236 g/mol. The molecule has 2 N–H and O–H groups in total. The van der Waals surface area contributed by atoms with Crippen molar-refractivity contribution in [2.45, 2.75) is 13.0 Å². The van der Waals surface area contributed by atoms with Crippen LogP contribution in [0, 0.1) is 0 Å². The number of benzene rings is 1. The predicted octanol–water partition coefficient (Wildman–Crippen LogP) is 1.33. The highest BCUT2D eigenvalue weighted by Gasteiger charge is 2.10. The molecular formula is C12H16N2O2S. The number of thiocarbonyl (C=S) groups is 1. The fraction of sp³-hybridized carbons (Fsp3) is 0.333. The number of ether oxygens (including phenoxy) is 1. The van der Waals surface area contributed by atoms with Gasteiger partial charge in [0.1, 0.15) is 5.75 Å². The van der Waals surface area contributed by atoms with E-state index in [1.165, 1.54) is 0 Å². The Morgan fingerprint density at radius 1 is 1.53 bits per heavy atom. The summed E-state index contributed by atoms with van der Waals surface area (Å²) in [4.78, 5) is 13.4. The quantitative estimate of drug-likeness (QED) is 0.803. The second-order valence-corrected chi connectivity index (χ2v) is 4.27. The highest BCUT2D eigenvalue weighted by atomic mass is 32.1. The van der Waals surface area contributed by atoms with Gasteiger partial charge in [0.2, 0.25) is 5.91 Å². The van der Waals surface area contributed by atoms with Crippen molar-refractivity contribution in [1.82, 2.24) is 4.90 Å². The minimum atomic E-state index is -0.0830. The molecule has 0 fully saturated rings. The van der Waals surface area contributed by atoms with Crippen molar-refractivity contribution in [3.8, 4) is 5.75 Å². The van der Waals surface area contributed by atoms with E-state index in [2.05, 4.69) is 0 Å². The molecule has 4 nitrogen and oxygen atoms in total. The average Bonchev–Trinajstić information content (AvgIpc) is 2.28. The van der Waals surface area contributed by atoms with E-state index in [-0.39, 0.29) is 17.3 Å².